The van der Waals surface area contributed by atoms with Gasteiger partial charge in [0.2, 0.25) is 52.7 Å². The predicted octanol–water partition coefficient (Wildman–Crippen LogP) is -1.37. The number of ether oxygens (including phenoxy) is 2. The Kier molecular flexibility index (Phi) is 20.7. The molecule has 494 valence electrons. The fourth-order valence-corrected chi connectivity index (χ4v) is 11.9. The Bertz CT molecular complexity index is 3530. The summed E-state index contributed by atoms with van der Waals surface area (Å²) in [5.74, 6) is -14.1. The summed E-state index contributed by atoms with van der Waals surface area (Å²) in [6, 6.07) is -10.2. The van der Waals surface area contributed by atoms with Gasteiger partial charge in [0.15, 0.2) is 17.1 Å². The van der Waals surface area contributed by atoms with Gasteiger partial charge in [0.25, 0.3) is 11.8 Å². The number of nitrogen functional groups attached to an aromatic ring is 1. The lowest BCUT2D eigenvalue weighted by Gasteiger charge is -2.37. The van der Waals surface area contributed by atoms with Crippen molar-refractivity contribution in [1.82, 2.24) is 55.7 Å². The average molecular weight is 1270 g/mol. The van der Waals surface area contributed by atoms with Gasteiger partial charge in [0, 0.05) is 46.2 Å². The van der Waals surface area contributed by atoms with E-state index in [2.05, 4.69) is 21.3 Å². The molecule has 1 aromatic carbocycles. The number of carbonyl (C=O) groups is 13. The number of amides is 10. The van der Waals surface area contributed by atoms with Crippen molar-refractivity contribution < 1.29 is 81.3 Å². The SMILES string of the molecule is Cc1c2oc3c(C)ccc(C(=O)NC4C(=O)NC(C(C)C)C(=O)N5C(C)CC(O)C5C(=O)N(C)CC(=O)N(C)C(C(C)C)C(=O)OC4C)c3nc-2c(C(=O)NC2C(=O)NC(C(C)C)C(=O)N3CC(=O)CC3C(=O)N(C)CC(=O)N(C)C(C)C(=O)OC2C)c(N)c1=O. The second kappa shape index (κ2) is 27.2. The second-order valence-electron chi connectivity index (χ2n) is 25.2. The summed E-state index contributed by atoms with van der Waals surface area (Å²) in [7, 11) is 5.20. The minimum absolute atomic E-state index is 0.0278. The first-order valence-electron chi connectivity index (χ1n) is 30.0. The number of aromatic nitrogens is 1. The number of carbonyl (C=O) groups excluding carboxylic acids is 13. The number of Topliss-reactive ketones (excluding diaryl/α,β-unsaturated/α-hetero) is 1. The molecule has 0 spiro atoms. The number of anilines is 1. The summed E-state index contributed by atoms with van der Waals surface area (Å²) in [4.78, 5) is 210. The lowest BCUT2D eigenvalue weighted by molar-refractivity contribution is -0.163. The van der Waals surface area contributed by atoms with Crippen LogP contribution in [0.2, 0.25) is 0 Å². The van der Waals surface area contributed by atoms with E-state index in [1.54, 1.807) is 55.4 Å². The molecule has 1 aliphatic carbocycles. The number of esters is 2. The maximum Gasteiger partial charge on any atom is 0.329 e. The number of ketones is 1. The minimum Gasteiger partial charge on any atom is -0.458 e. The van der Waals surface area contributed by atoms with E-state index in [4.69, 9.17) is 24.6 Å². The molecule has 12 atom stereocenters. The van der Waals surface area contributed by atoms with E-state index in [0.717, 1.165) is 24.5 Å². The summed E-state index contributed by atoms with van der Waals surface area (Å²) < 4.78 is 18.0. The van der Waals surface area contributed by atoms with E-state index < -0.39 is 209 Å². The number of nitrogens with two attached hydrogens (primary N) is 1. The van der Waals surface area contributed by atoms with Crippen molar-refractivity contribution >= 4 is 93.6 Å². The van der Waals surface area contributed by atoms with Crippen LogP contribution in [-0.4, -0.2) is 237 Å². The lowest BCUT2D eigenvalue weighted by atomic mass is 9.98. The van der Waals surface area contributed by atoms with Crippen molar-refractivity contribution in [2.45, 2.75) is 169 Å². The van der Waals surface area contributed by atoms with Crippen molar-refractivity contribution in [2.75, 3.05) is 53.6 Å². The number of aliphatic hydroxyl groups excluding tert-OH is 1. The first-order chi connectivity index (χ1) is 42.4. The molecule has 10 amide bonds. The summed E-state index contributed by atoms with van der Waals surface area (Å²) in [5.41, 5.74) is 3.09. The third-order valence-corrected chi connectivity index (χ3v) is 17.5. The van der Waals surface area contributed by atoms with E-state index in [0.29, 0.717) is 5.56 Å². The largest absolute Gasteiger partial charge is 0.458 e. The number of cyclic esters (lactones) is 2. The van der Waals surface area contributed by atoms with E-state index in [1.807, 2.05) is 0 Å². The highest BCUT2D eigenvalue weighted by Gasteiger charge is 2.51. The van der Waals surface area contributed by atoms with Gasteiger partial charge >= 0.3 is 11.9 Å². The van der Waals surface area contributed by atoms with Gasteiger partial charge in [-0.3, -0.25) is 57.5 Å². The molecular weight excluding hydrogens is 1190 g/mol. The molecule has 7 rings (SSSR count). The van der Waals surface area contributed by atoms with Crippen LogP contribution in [0.5, 0.6) is 0 Å². The molecule has 1 aromatic rings. The highest BCUT2D eigenvalue weighted by molar-refractivity contribution is 6.11. The topological polar surface area (TPSA) is 397 Å². The summed E-state index contributed by atoms with van der Waals surface area (Å²) in [6.07, 6.45) is -5.00. The monoisotopic (exact) mass is 1270 g/mol. The van der Waals surface area contributed by atoms with Crippen molar-refractivity contribution in [3.8, 4) is 11.5 Å². The van der Waals surface area contributed by atoms with E-state index in [1.165, 1.54) is 72.9 Å². The van der Waals surface area contributed by atoms with Crippen molar-refractivity contribution in [3.63, 3.8) is 0 Å². The van der Waals surface area contributed by atoms with Crippen LogP contribution in [0.3, 0.4) is 0 Å². The number of nitrogens with one attached hydrogen (secondary N) is 4. The molecule has 0 saturated carbocycles. The Labute approximate surface area is 524 Å². The maximum atomic E-state index is 15.1. The van der Waals surface area contributed by atoms with E-state index in [-0.39, 0.29) is 40.8 Å². The van der Waals surface area contributed by atoms with Gasteiger partial charge in [0.1, 0.15) is 71.8 Å². The fourth-order valence-electron chi connectivity index (χ4n) is 11.9. The number of aliphatic hydroxyl groups is 1. The van der Waals surface area contributed by atoms with Crippen LogP contribution in [0, 0.1) is 31.6 Å². The highest BCUT2D eigenvalue weighted by Crippen LogP contribution is 2.35. The number of benzene rings is 2. The van der Waals surface area contributed by atoms with Gasteiger partial charge in [-0.2, -0.15) is 0 Å². The molecule has 5 aliphatic heterocycles. The summed E-state index contributed by atoms with van der Waals surface area (Å²) in [5, 5.41) is 21.6. The van der Waals surface area contributed by atoms with Gasteiger partial charge in [-0.25, -0.2) is 14.6 Å². The van der Waals surface area contributed by atoms with Gasteiger partial charge in [-0.15, -0.1) is 0 Å². The molecule has 0 radical (unpaired) electrons. The molecule has 5 heterocycles. The van der Waals surface area contributed by atoms with Crippen molar-refractivity contribution in [1.29, 1.82) is 0 Å². The zero-order chi connectivity index (χ0) is 68.0. The minimum atomic E-state index is -1.96. The molecule has 4 fully saturated rings. The number of rotatable bonds is 7. The standard InChI is InChI=1S/C61H82N12O18/c1-24(2)41-57(84)72-21-33(74)20-35(72)56(83)68(13)22-37(76)70(15)30(10)60(87)89-31(11)44(55(82)64-41)67-53(80)39-40(62)49(78)29(9)51-46(39)63-45-34(18-17-27(7)50(45)91-51)52(79)66-43-32(12)90-61(88)47(26(5)6)71(16)38(77)23-69(14)59(86)48-36(75)19-28(8)73(48)58(85)42(25(3)4)65-54(43)81/h17-18,24-26,28,30-32,35-36,41-44,47-48,75H,19-23,62H2,1-16H3,(H,64,82)(H,65,81)(H,66,79)(H,67,80). The highest BCUT2D eigenvalue weighted by atomic mass is 16.6. The van der Waals surface area contributed by atoms with Crippen LogP contribution in [0.4, 0.5) is 5.69 Å². The van der Waals surface area contributed by atoms with Crippen LogP contribution in [0.15, 0.2) is 21.3 Å². The molecule has 91 heavy (non-hydrogen) atoms. The molecule has 12 unspecified atom stereocenters. The lowest BCUT2D eigenvalue weighted by Crippen LogP contribution is -2.62. The molecule has 7 N–H and O–H groups in total. The molecule has 4 saturated heterocycles. The van der Waals surface area contributed by atoms with Crippen LogP contribution in [0.1, 0.15) is 114 Å². The fraction of sp³-hybridized carbons (Fsp3) is 0.590. The van der Waals surface area contributed by atoms with Gasteiger partial charge in [-0.1, -0.05) is 47.6 Å². The Hall–Kier alpha value is -9.09. The smallest absolute Gasteiger partial charge is 0.329 e. The summed E-state index contributed by atoms with van der Waals surface area (Å²) in [6.45, 7) is 16.3. The Balaban J connectivity index is 1.32. The first-order valence-corrected chi connectivity index (χ1v) is 30.0. The normalized spacial score (nSPS) is 27.7. The van der Waals surface area contributed by atoms with E-state index >= 15 is 9.59 Å². The first kappa shape index (κ1) is 69.4. The Morgan fingerprint density at radius 1 is 0.681 bits per heavy atom. The van der Waals surface area contributed by atoms with Crippen LogP contribution in [-0.2, 0) is 62.2 Å². The van der Waals surface area contributed by atoms with Crippen LogP contribution in [0.25, 0.3) is 22.6 Å². The molecule has 6 aliphatic rings. The second-order valence-corrected chi connectivity index (χ2v) is 25.2. The van der Waals surface area contributed by atoms with Gasteiger partial charge in [-0.05, 0) is 77.3 Å². The number of fused-ring (bicyclic) bond motifs is 4. The van der Waals surface area contributed by atoms with Crippen molar-refractivity contribution in [2.24, 2.45) is 17.8 Å². The van der Waals surface area contributed by atoms with Crippen LogP contribution < -0.4 is 32.4 Å². The Morgan fingerprint density at radius 2 is 1.21 bits per heavy atom. The third-order valence-electron chi connectivity index (χ3n) is 17.5. The maximum absolute atomic E-state index is 15.1. The van der Waals surface area contributed by atoms with Crippen molar-refractivity contribution in [3.05, 3.63) is 44.6 Å². The third kappa shape index (κ3) is 13.7. The number of hydrogen-bond donors (Lipinski definition) is 6. The van der Waals surface area contributed by atoms with Crippen LogP contribution >= 0.6 is 0 Å². The number of hydrogen-bond acceptors (Lipinski definition) is 20. The predicted molar refractivity (Wildman–Crippen MR) is 323 cm³/mol. The quantitative estimate of drug-likeness (QED) is 0.0903. The van der Waals surface area contributed by atoms with Gasteiger partial charge in [0.05, 0.1) is 42.6 Å². The molecular formula is C61H82N12O18. The molecule has 0 bridgehead atoms. The zero-order valence-electron chi connectivity index (χ0n) is 53.9. The number of nitrogens with zero attached hydrogens (tertiary/aromatic N) is 7. The average Bonchev–Trinajstić information content (AvgIpc) is 1.35. The molecule has 0 aromatic heterocycles. The molecule has 30 nitrogen and oxygen atoms in total. The zero-order valence-corrected chi connectivity index (χ0v) is 53.9. The Morgan fingerprint density at radius 3 is 1.77 bits per heavy atom. The van der Waals surface area contributed by atoms with E-state index in [9.17, 15) is 62.6 Å². The van der Waals surface area contributed by atoms with Gasteiger partial charge < -0.3 is 75.4 Å². The number of likely N-dealkylation sites (N-methyl/N-ethyl adjacent to an activating group) is 4. The summed E-state index contributed by atoms with van der Waals surface area (Å²) >= 11 is 0. The number of aryl methyl sites for hydroxylation is 1. The molecule has 30 heteroatoms.